The van der Waals surface area contributed by atoms with E-state index in [1.54, 1.807) is 13.4 Å². The van der Waals surface area contributed by atoms with Crippen LogP contribution in [-0.4, -0.2) is 50.7 Å². The van der Waals surface area contributed by atoms with E-state index >= 15 is 0 Å². The maximum absolute atomic E-state index is 9.70. The van der Waals surface area contributed by atoms with Crippen molar-refractivity contribution < 1.29 is 19.0 Å². The van der Waals surface area contributed by atoms with Gasteiger partial charge >= 0.3 is 0 Å². The van der Waals surface area contributed by atoms with Crippen LogP contribution >= 0.6 is 0 Å². The monoisotopic (exact) mass is 271 g/mol. The van der Waals surface area contributed by atoms with Gasteiger partial charge in [0.2, 0.25) is 0 Å². The molecule has 0 radical (unpaired) electrons. The number of hydrogen-bond acceptors (Lipinski definition) is 5. The minimum absolute atomic E-state index is 0.332. The van der Waals surface area contributed by atoms with Crippen molar-refractivity contribution in [3.8, 4) is 0 Å². The second-order valence-electron chi connectivity index (χ2n) is 4.65. The molecule has 2 unspecified atom stereocenters. The standard InChI is InChI=1S/C14H25NO4/c1-12(5-6-14-4-3-7-19-14)15-10-13(16)11-18-9-8-17-2/h3-4,7,12-13,15-16H,5-6,8-11H2,1-2H3. The molecular formula is C14H25NO4. The highest BCUT2D eigenvalue weighted by Crippen LogP contribution is 2.05. The van der Waals surface area contributed by atoms with Crippen LogP contribution in [0.5, 0.6) is 0 Å². The Labute approximate surface area is 114 Å². The smallest absolute Gasteiger partial charge is 0.103 e. The van der Waals surface area contributed by atoms with Crippen molar-refractivity contribution in [1.82, 2.24) is 5.32 Å². The molecule has 1 heterocycles. The van der Waals surface area contributed by atoms with Gasteiger partial charge in [-0.2, -0.15) is 0 Å². The second-order valence-corrected chi connectivity index (χ2v) is 4.65. The lowest BCUT2D eigenvalue weighted by molar-refractivity contribution is 0.0130. The molecular weight excluding hydrogens is 246 g/mol. The van der Waals surface area contributed by atoms with Crippen LogP contribution in [0.15, 0.2) is 22.8 Å². The molecule has 2 N–H and O–H groups in total. The molecule has 0 saturated heterocycles. The highest BCUT2D eigenvalue weighted by molar-refractivity contribution is 4.98. The van der Waals surface area contributed by atoms with E-state index < -0.39 is 6.10 Å². The number of nitrogens with one attached hydrogen (secondary N) is 1. The number of rotatable bonds is 11. The van der Waals surface area contributed by atoms with Crippen molar-refractivity contribution in [2.24, 2.45) is 0 Å². The number of aliphatic hydroxyl groups excluding tert-OH is 1. The van der Waals surface area contributed by atoms with E-state index in [2.05, 4.69) is 12.2 Å². The van der Waals surface area contributed by atoms with E-state index in [9.17, 15) is 5.11 Å². The summed E-state index contributed by atoms with van der Waals surface area (Å²) in [5.74, 6) is 0.997. The summed E-state index contributed by atoms with van der Waals surface area (Å²) in [7, 11) is 1.63. The van der Waals surface area contributed by atoms with Crippen molar-refractivity contribution in [1.29, 1.82) is 0 Å². The topological polar surface area (TPSA) is 63.9 Å². The maximum Gasteiger partial charge on any atom is 0.103 e. The first-order valence-electron chi connectivity index (χ1n) is 6.73. The number of ether oxygens (including phenoxy) is 2. The average Bonchev–Trinajstić information content (AvgIpc) is 2.92. The van der Waals surface area contributed by atoms with Crippen LogP contribution < -0.4 is 5.32 Å². The molecule has 0 fully saturated rings. The number of methoxy groups -OCH3 is 1. The Kier molecular flexibility index (Phi) is 8.49. The Morgan fingerprint density at radius 2 is 2.26 bits per heavy atom. The third-order valence-corrected chi connectivity index (χ3v) is 2.85. The fourth-order valence-corrected chi connectivity index (χ4v) is 1.67. The zero-order chi connectivity index (χ0) is 13.9. The third kappa shape index (κ3) is 8.00. The normalized spacial score (nSPS) is 14.5. The van der Waals surface area contributed by atoms with Gasteiger partial charge in [-0.1, -0.05) is 0 Å². The van der Waals surface area contributed by atoms with Crippen molar-refractivity contribution in [3.63, 3.8) is 0 Å². The first-order valence-corrected chi connectivity index (χ1v) is 6.73. The Morgan fingerprint density at radius 3 is 2.95 bits per heavy atom. The molecule has 1 aromatic rings. The SMILES string of the molecule is COCCOCC(O)CNC(C)CCc1ccco1. The average molecular weight is 271 g/mol. The van der Waals surface area contributed by atoms with Gasteiger partial charge < -0.3 is 24.3 Å². The molecule has 110 valence electrons. The summed E-state index contributed by atoms with van der Waals surface area (Å²) < 4.78 is 15.4. The zero-order valence-electron chi connectivity index (χ0n) is 11.8. The van der Waals surface area contributed by atoms with E-state index in [1.165, 1.54) is 0 Å². The van der Waals surface area contributed by atoms with Crippen LogP contribution in [0.1, 0.15) is 19.1 Å². The fourth-order valence-electron chi connectivity index (χ4n) is 1.67. The highest BCUT2D eigenvalue weighted by Gasteiger charge is 2.08. The summed E-state index contributed by atoms with van der Waals surface area (Å²) in [4.78, 5) is 0. The second kappa shape index (κ2) is 9.97. The molecule has 0 aromatic carbocycles. The van der Waals surface area contributed by atoms with E-state index in [1.807, 2.05) is 12.1 Å². The number of aliphatic hydroxyl groups is 1. The maximum atomic E-state index is 9.70. The van der Waals surface area contributed by atoms with Crippen molar-refractivity contribution in [3.05, 3.63) is 24.2 Å². The Balaban J connectivity index is 2.00. The summed E-state index contributed by atoms with van der Waals surface area (Å²) in [5.41, 5.74) is 0. The van der Waals surface area contributed by atoms with Gasteiger partial charge in [-0.15, -0.1) is 0 Å². The molecule has 5 nitrogen and oxygen atoms in total. The molecule has 0 aliphatic heterocycles. The summed E-state index contributed by atoms with van der Waals surface area (Å²) in [6, 6.07) is 4.21. The van der Waals surface area contributed by atoms with Crippen molar-refractivity contribution in [2.75, 3.05) is 33.5 Å². The van der Waals surface area contributed by atoms with Gasteiger partial charge in [-0.05, 0) is 25.5 Å². The van der Waals surface area contributed by atoms with Crippen LogP contribution in [-0.2, 0) is 15.9 Å². The van der Waals surface area contributed by atoms with Gasteiger partial charge in [-0.25, -0.2) is 0 Å². The predicted octanol–water partition coefficient (Wildman–Crippen LogP) is 1.21. The molecule has 0 amide bonds. The van der Waals surface area contributed by atoms with Gasteiger partial charge in [-0.3, -0.25) is 0 Å². The van der Waals surface area contributed by atoms with E-state index in [0.29, 0.717) is 32.4 Å². The van der Waals surface area contributed by atoms with Gasteiger partial charge in [0.05, 0.1) is 32.2 Å². The molecule has 1 aromatic heterocycles. The number of aryl methyl sites for hydroxylation is 1. The first-order chi connectivity index (χ1) is 9.22. The molecule has 2 atom stereocenters. The summed E-state index contributed by atoms with van der Waals surface area (Å²) in [5, 5.41) is 13.0. The number of furan rings is 1. The highest BCUT2D eigenvalue weighted by atomic mass is 16.5. The number of hydrogen-bond donors (Lipinski definition) is 2. The van der Waals surface area contributed by atoms with E-state index in [0.717, 1.165) is 18.6 Å². The van der Waals surface area contributed by atoms with Crippen LogP contribution in [0.2, 0.25) is 0 Å². The fraction of sp³-hybridized carbons (Fsp3) is 0.714. The van der Waals surface area contributed by atoms with Crippen molar-refractivity contribution in [2.45, 2.75) is 31.9 Å². The lowest BCUT2D eigenvalue weighted by Gasteiger charge is -2.16. The Hall–Kier alpha value is -0.880. The predicted molar refractivity (Wildman–Crippen MR) is 73.2 cm³/mol. The van der Waals surface area contributed by atoms with E-state index in [-0.39, 0.29) is 0 Å². The summed E-state index contributed by atoms with van der Waals surface area (Å²) in [6.07, 6.45) is 3.09. The molecule has 0 saturated carbocycles. The van der Waals surface area contributed by atoms with Crippen molar-refractivity contribution >= 4 is 0 Å². The van der Waals surface area contributed by atoms with Crippen LogP contribution in [0.3, 0.4) is 0 Å². The van der Waals surface area contributed by atoms with E-state index in [4.69, 9.17) is 13.9 Å². The Morgan fingerprint density at radius 1 is 1.42 bits per heavy atom. The molecule has 19 heavy (non-hydrogen) atoms. The first kappa shape index (κ1) is 16.2. The quantitative estimate of drug-likeness (QED) is 0.592. The lowest BCUT2D eigenvalue weighted by atomic mass is 10.1. The molecule has 1 rings (SSSR count). The lowest BCUT2D eigenvalue weighted by Crippen LogP contribution is -2.36. The zero-order valence-corrected chi connectivity index (χ0v) is 11.8. The summed E-state index contributed by atoms with van der Waals surface area (Å²) in [6.45, 7) is 4.04. The third-order valence-electron chi connectivity index (χ3n) is 2.85. The van der Waals surface area contributed by atoms with Crippen LogP contribution in [0.25, 0.3) is 0 Å². The Bertz CT molecular complexity index is 302. The minimum atomic E-state index is -0.483. The molecule has 0 bridgehead atoms. The largest absolute Gasteiger partial charge is 0.469 e. The summed E-state index contributed by atoms with van der Waals surface area (Å²) >= 11 is 0. The van der Waals surface area contributed by atoms with Gasteiger partial charge in [0.1, 0.15) is 5.76 Å². The molecule has 0 spiro atoms. The molecule has 0 aliphatic carbocycles. The van der Waals surface area contributed by atoms with Crippen LogP contribution in [0.4, 0.5) is 0 Å². The molecule has 0 aliphatic rings. The molecule has 5 heteroatoms. The van der Waals surface area contributed by atoms with Crippen LogP contribution in [0, 0.1) is 0 Å². The minimum Gasteiger partial charge on any atom is -0.469 e. The van der Waals surface area contributed by atoms with Gasteiger partial charge in [0.25, 0.3) is 0 Å². The van der Waals surface area contributed by atoms with Gasteiger partial charge in [0.15, 0.2) is 0 Å². The van der Waals surface area contributed by atoms with Gasteiger partial charge in [0, 0.05) is 26.1 Å².